The van der Waals surface area contributed by atoms with Crippen molar-refractivity contribution >= 4 is 5.97 Å². The van der Waals surface area contributed by atoms with Crippen LogP contribution < -0.4 is 0 Å². The van der Waals surface area contributed by atoms with E-state index in [1.54, 1.807) is 12.4 Å². The monoisotopic (exact) mass is 262 g/mol. The van der Waals surface area contributed by atoms with Crippen molar-refractivity contribution in [2.24, 2.45) is 5.41 Å². The zero-order chi connectivity index (χ0) is 13.7. The lowest BCUT2D eigenvalue weighted by Gasteiger charge is -2.31. The molecule has 4 heteroatoms. The van der Waals surface area contributed by atoms with Crippen LogP contribution in [0.3, 0.4) is 0 Å². The van der Waals surface area contributed by atoms with Gasteiger partial charge in [-0.15, -0.1) is 0 Å². The van der Waals surface area contributed by atoms with E-state index < -0.39 is 11.4 Å². The van der Waals surface area contributed by atoms with Crippen LogP contribution in [0.5, 0.6) is 0 Å². The second-order valence-electron chi connectivity index (χ2n) is 5.45. The highest BCUT2D eigenvalue weighted by atomic mass is 16.4. The number of aliphatic carboxylic acids is 1. The van der Waals surface area contributed by atoms with Crippen molar-refractivity contribution in [3.63, 3.8) is 0 Å². The molecule has 0 bridgehead atoms. The second-order valence-corrected chi connectivity index (χ2v) is 5.45. The van der Waals surface area contributed by atoms with Gasteiger partial charge in [0.15, 0.2) is 0 Å². The maximum Gasteiger partial charge on any atom is 0.310 e. The van der Waals surface area contributed by atoms with Crippen LogP contribution in [0.4, 0.5) is 0 Å². The summed E-state index contributed by atoms with van der Waals surface area (Å²) in [5.74, 6) is -0.627. The molecule has 0 aliphatic heterocycles. The molecule has 0 amide bonds. The third-order valence-electron chi connectivity index (χ3n) is 4.14. The summed E-state index contributed by atoms with van der Waals surface area (Å²) in [4.78, 5) is 17.8. The Morgan fingerprint density at radius 1 is 1.37 bits per heavy atom. The maximum atomic E-state index is 11.6. The van der Waals surface area contributed by atoms with Gasteiger partial charge in [-0.2, -0.15) is 0 Å². The van der Waals surface area contributed by atoms with Gasteiger partial charge in [0.2, 0.25) is 0 Å². The predicted octanol–water partition coefficient (Wildman–Crippen LogP) is 2.55. The first-order chi connectivity index (χ1) is 9.16. The smallest absolute Gasteiger partial charge is 0.310 e. The molecule has 0 atom stereocenters. The summed E-state index contributed by atoms with van der Waals surface area (Å²) in [6.45, 7) is 4.41. The molecule has 2 rings (SSSR count). The van der Waals surface area contributed by atoms with Gasteiger partial charge in [0.05, 0.1) is 5.41 Å². The van der Waals surface area contributed by atoms with Crippen molar-refractivity contribution in [3.8, 4) is 0 Å². The Balaban J connectivity index is 2.04. The van der Waals surface area contributed by atoms with Gasteiger partial charge in [-0.3, -0.25) is 14.7 Å². The zero-order valence-electron chi connectivity index (χ0n) is 11.5. The fourth-order valence-electron chi connectivity index (χ4n) is 2.95. The molecule has 0 spiro atoms. The van der Waals surface area contributed by atoms with Crippen LogP contribution in [-0.2, 0) is 11.3 Å². The first-order valence-electron chi connectivity index (χ1n) is 7.01. The highest BCUT2D eigenvalue weighted by molar-refractivity contribution is 5.75. The van der Waals surface area contributed by atoms with Crippen molar-refractivity contribution < 1.29 is 9.90 Å². The van der Waals surface area contributed by atoms with Crippen LogP contribution in [0.2, 0.25) is 0 Å². The number of pyridine rings is 1. The van der Waals surface area contributed by atoms with Gasteiger partial charge in [0.1, 0.15) is 0 Å². The molecule has 1 aliphatic carbocycles. The molecule has 1 aromatic rings. The Bertz CT molecular complexity index is 413. The molecule has 4 nitrogen and oxygen atoms in total. The minimum atomic E-state index is -0.627. The van der Waals surface area contributed by atoms with Crippen molar-refractivity contribution in [1.82, 2.24) is 9.88 Å². The Hall–Kier alpha value is -1.42. The minimum Gasteiger partial charge on any atom is -0.481 e. The SMILES string of the molecule is CCN(Cc1ccncc1)CC1(C(=O)O)CCCC1. The molecule has 1 N–H and O–H groups in total. The van der Waals surface area contributed by atoms with Crippen LogP contribution in [0.1, 0.15) is 38.2 Å². The summed E-state index contributed by atoms with van der Waals surface area (Å²) in [5, 5.41) is 9.54. The first kappa shape index (κ1) is 14.0. The Labute approximate surface area is 114 Å². The standard InChI is InChI=1S/C15H22N2O2/c1-2-17(11-13-5-9-16-10-6-13)12-15(14(18)19)7-3-4-8-15/h5-6,9-10H,2-4,7-8,11-12H2,1H3,(H,18,19). The number of nitrogens with zero attached hydrogens (tertiary/aromatic N) is 2. The average molecular weight is 262 g/mol. The molecule has 0 saturated heterocycles. The largest absolute Gasteiger partial charge is 0.481 e. The van der Waals surface area contributed by atoms with Crippen LogP contribution in [-0.4, -0.2) is 34.0 Å². The van der Waals surface area contributed by atoms with E-state index in [4.69, 9.17) is 0 Å². The predicted molar refractivity (Wildman–Crippen MR) is 73.7 cm³/mol. The number of rotatable bonds is 6. The minimum absolute atomic E-state index is 0.525. The molecule has 19 heavy (non-hydrogen) atoms. The van der Waals surface area contributed by atoms with Crippen LogP contribution in [0.25, 0.3) is 0 Å². The van der Waals surface area contributed by atoms with E-state index in [-0.39, 0.29) is 0 Å². The molecular weight excluding hydrogens is 240 g/mol. The lowest BCUT2D eigenvalue weighted by atomic mass is 9.85. The molecule has 104 valence electrons. The molecule has 0 radical (unpaired) electrons. The molecule has 1 fully saturated rings. The van der Waals surface area contributed by atoms with E-state index in [2.05, 4.69) is 16.8 Å². The average Bonchev–Trinajstić information content (AvgIpc) is 2.89. The normalized spacial score (nSPS) is 17.8. The molecule has 1 heterocycles. The second kappa shape index (κ2) is 6.15. The van der Waals surface area contributed by atoms with Crippen molar-refractivity contribution in [2.75, 3.05) is 13.1 Å². The summed E-state index contributed by atoms with van der Waals surface area (Å²) < 4.78 is 0. The molecule has 0 aromatic carbocycles. The van der Waals surface area contributed by atoms with Crippen molar-refractivity contribution in [2.45, 2.75) is 39.2 Å². The van der Waals surface area contributed by atoms with Crippen LogP contribution in [0.15, 0.2) is 24.5 Å². The van der Waals surface area contributed by atoms with E-state index in [9.17, 15) is 9.90 Å². The number of carboxylic acids is 1. The fraction of sp³-hybridized carbons (Fsp3) is 0.600. The van der Waals surface area contributed by atoms with Gasteiger partial charge < -0.3 is 5.11 Å². The van der Waals surface area contributed by atoms with Gasteiger partial charge in [0.25, 0.3) is 0 Å². The third-order valence-corrected chi connectivity index (χ3v) is 4.14. The van der Waals surface area contributed by atoms with E-state index in [0.29, 0.717) is 6.54 Å². The lowest BCUT2D eigenvalue weighted by molar-refractivity contribution is -0.150. The lowest BCUT2D eigenvalue weighted by Crippen LogP contribution is -2.41. The summed E-state index contributed by atoms with van der Waals surface area (Å²) >= 11 is 0. The topological polar surface area (TPSA) is 53.4 Å². The molecule has 1 saturated carbocycles. The zero-order valence-corrected chi connectivity index (χ0v) is 11.5. The Morgan fingerprint density at radius 3 is 2.53 bits per heavy atom. The highest BCUT2D eigenvalue weighted by Crippen LogP contribution is 2.39. The molecule has 1 aromatic heterocycles. The summed E-state index contributed by atoms with van der Waals surface area (Å²) in [5.41, 5.74) is 0.665. The van der Waals surface area contributed by atoms with Crippen molar-refractivity contribution in [1.29, 1.82) is 0 Å². The fourth-order valence-corrected chi connectivity index (χ4v) is 2.95. The number of hydrogen-bond donors (Lipinski definition) is 1. The van der Waals surface area contributed by atoms with Crippen molar-refractivity contribution in [3.05, 3.63) is 30.1 Å². The molecular formula is C15H22N2O2. The van der Waals surface area contributed by atoms with Gasteiger partial charge in [-0.05, 0) is 37.1 Å². The van der Waals surface area contributed by atoms with Gasteiger partial charge in [-0.1, -0.05) is 19.8 Å². The number of carbonyl (C=O) groups is 1. The van der Waals surface area contributed by atoms with Crippen LogP contribution in [0, 0.1) is 5.41 Å². The quantitative estimate of drug-likeness (QED) is 0.856. The Morgan fingerprint density at radius 2 is 2.00 bits per heavy atom. The number of carboxylic acid groups (broad SMARTS) is 1. The Kier molecular flexibility index (Phi) is 4.53. The van der Waals surface area contributed by atoms with Crippen LogP contribution >= 0.6 is 0 Å². The first-order valence-corrected chi connectivity index (χ1v) is 7.01. The summed E-state index contributed by atoms with van der Waals surface area (Å²) in [7, 11) is 0. The number of aromatic nitrogens is 1. The summed E-state index contributed by atoms with van der Waals surface area (Å²) in [6, 6.07) is 3.98. The van der Waals surface area contributed by atoms with E-state index in [1.165, 1.54) is 5.56 Å². The highest BCUT2D eigenvalue weighted by Gasteiger charge is 2.42. The number of hydrogen-bond acceptors (Lipinski definition) is 3. The van der Waals surface area contributed by atoms with E-state index in [0.717, 1.165) is 38.8 Å². The molecule has 1 aliphatic rings. The third kappa shape index (κ3) is 3.32. The molecule has 0 unspecified atom stereocenters. The van der Waals surface area contributed by atoms with Gasteiger partial charge in [0, 0.05) is 25.5 Å². The van der Waals surface area contributed by atoms with E-state index in [1.807, 2.05) is 12.1 Å². The van der Waals surface area contributed by atoms with Gasteiger partial charge in [-0.25, -0.2) is 0 Å². The van der Waals surface area contributed by atoms with E-state index >= 15 is 0 Å². The van der Waals surface area contributed by atoms with Gasteiger partial charge >= 0.3 is 5.97 Å². The maximum absolute atomic E-state index is 11.6. The summed E-state index contributed by atoms with van der Waals surface area (Å²) in [6.07, 6.45) is 7.28.